The van der Waals surface area contributed by atoms with Crippen LogP contribution in [0.3, 0.4) is 0 Å². The first kappa shape index (κ1) is 18.2. The predicted molar refractivity (Wildman–Crippen MR) is 107 cm³/mol. The average molecular weight is 410 g/mol. The summed E-state index contributed by atoms with van der Waals surface area (Å²) in [6.45, 7) is 1.86. The van der Waals surface area contributed by atoms with Crippen LogP contribution >= 0.6 is 0 Å². The molecule has 2 aromatic heterocycles. The Bertz CT molecular complexity index is 1310. The fourth-order valence-electron chi connectivity index (χ4n) is 4.21. The molecule has 2 aliphatic heterocycles. The summed E-state index contributed by atoms with van der Waals surface area (Å²) >= 11 is 0. The number of hydrogen-bond acceptors (Lipinski definition) is 6. The van der Waals surface area contributed by atoms with Crippen molar-refractivity contribution in [2.75, 3.05) is 6.26 Å². The van der Waals surface area contributed by atoms with E-state index in [-0.39, 0.29) is 24.2 Å². The zero-order valence-corrected chi connectivity index (χ0v) is 16.7. The number of nitrogens with zero attached hydrogens (tertiary/aromatic N) is 2. The summed E-state index contributed by atoms with van der Waals surface area (Å²) in [5.41, 5.74) is 1.08. The third kappa shape index (κ3) is 2.39. The summed E-state index contributed by atoms with van der Waals surface area (Å²) in [6.07, 6.45) is 1.70. The minimum absolute atomic E-state index is 0.0959. The number of esters is 1. The third-order valence-corrected chi connectivity index (χ3v) is 6.76. The molecule has 0 amide bonds. The molecule has 29 heavy (non-hydrogen) atoms. The van der Waals surface area contributed by atoms with Gasteiger partial charge < -0.3 is 14.4 Å². The van der Waals surface area contributed by atoms with Crippen molar-refractivity contribution < 1.29 is 18.8 Å². The van der Waals surface area contributed by atoms with Crippen molar-refractivity contribution >= 4 is 27.7 Å². The van der Waals surface area contributed by atoms with Crippen molar-refractivity contribution in [1.82, 2.24) is 9.55 Å². The Morgan fingerprint density at radius 3 is 2.83 bits per heavy atom. The zero-order chi connectivity index (χ0) is 20.5. The van der Waals surface area contributed by atoms with Crippen molar-refractivity contribution in [3.05, 3.63) is 57.4 Å². The van der Waals surface area contributed by atoms with E-state index in [2.05, 4.69) is 0 Å². The number of carbonyl (C=O) groups excluding carboxylic acids is 1. The number of ether oxygens (including phenoxy) is 1. The Kier molecular flexibility index (Phi) is 3.81. The summed E-state index contributed by atoms with van der Waals surface area (Å²) in [6, 6.07) is 9.14. The number of carbonyl (C=O) groups is 1. The van der Waals surface area contributed by atoms with E-state index in [0.29, 0.717) is 33.9 Å². The first-order chi connectivity index (χ1) is 13.8. The Hall–Kier alpha value is -2.84. The van der Waals surface area contributed by atoms with Gasteiger partial charge in [-0.25, -0.2) is 9.78 Å². The van der Waals surface area contributed by atoms with Crippen molar-refractivity contribution in [3.8, 4) is 11.4 Å². The number of fused-ring (bicyclic) bond motifs is 5. The lowest BCUT2D eigenvalue weighted by Crippen LogP contribution is -2.44. The largest absolute Gasteiger partial charge is 0.458 e. The minimum Gasteiger partial charge on any atom is -0.458 e. The lowest BCUT2D eigenvalue weighted by molar-refractivity contribution is -0.172. The van der Waals surface area contributed by atoms with Crippen LogP contribution in [0.5, 0.6) is 0 Å². The second-order valence-electron chi connectivity index (χ2n) is 7.38. The summed E-state index contributed by atoms with van der Waals surface area (Å²) in [7, 11) is -1.22. The van der Waals surface area contributed by atoms with E-state index >= 15 is 0 Å². The SMILES string of the molecule is CC[C@@]1(O)C(=O)OCc2c1cc1n(c2=O)Cc2cc3cccc(S(C)=O)c3nc2-1. The molecule has 1 N–H and O–H groups in total. The maximum atomic E-state index is 13.1. The molecular weight excluding hydrogens is 392 g/mol. The number of aromatic nitrogens is 2. The highest BCUT2D eigenvalue weighted by Gasteiger charge is 2.45. The van der Waals surface area contributed by atoms with Crippen LogP contribution in [-0.4, -0.2) is 31.1 Å². The smallest absolute Gasteiger partial charge is 0.343 e. The molecule has 3 aromatic rings. The number of benzene rings is 1. The lowest BCUT2D eigenvalue weighted by Gasteiger charge is -2.31. The molecule has 0 bridgehead atoms. The second kappa shape index (κ2) is 6.08. The number of pyridine rings is 2. The van der Waals surface area contributed by atoms with Gasteiger partial charge in [-0.2, -0.15) is 0 Å². The van der Waals surface area contributed by atoms with Gasteiger partial charge in [0.25, 0.3) is 5.56 Å². The monoisotopic (exact) mass is 410 g/mol. The Morgan fingerprint density at radius 1 is 1.31 bits per heavy atom. The molecule has 2 atom stereocenters. The Balaban J connectivity index is 1.81. The second-order valence-corrected chi connectivity index (χ2v) is 8.73. The fraction of sp³-hybridized carbons (Fsp3) is 0.286. The van der Waals surface area contributed by atoms with Gasteiger partial charge in [0.15, 0.2) is 5.60 Å². The lowest BCUT2D eigenvalue weighted by atomic mass is 9.86. The van der Waals surface area contributed by atoms with Gasteiger partial charge in [-0.15, -0.1) is 0 Å². The van der Waals surface area contributed by atoms with Gasteiger partial charge in [-0.3, -0.25) is 9.00 Å². The van der Waals surface area contributed by atoms with E-state index in [4.69, 9.17) is 9.72 Å². The molecule has 0 radical (unpaired) electrons. The van der Waals surface area contributed by atoms with Gasteiger partial charge in [0.05, 0.1) is 44.7 Å². The predicted octanol–water partition coefficient (Wildman–Crippen LogP) is 1.82. The van der Waals surface area contributed by atoms with Crippen molar-refractivity contribution in [3.63, 3.8) is 0 Å². The van der Waals surface area contributed by atoms with Gasteiger partial charge in [-0.1, -0.05) is 19.1 Å². The van der Waals surface area contributed by atoms with Crippen molar-refractivity contribution in [1.29, 1.82) is 0 Å². The van der Waals surface area contributed by atoms with E-state index in [9.17, 15) is 18.9 Å². The first-order valence-electron chi connectivity index (χ1n) is 9.28. The van der Waals surface area contributed by atoms with Crippen LogP contribution in [0.4, 0.5) is 0 Å². The van der Waals surface area contributed by atoms with E-state index in [0.717, 1.165) is 10.9 Å². The van der Waals surface area contributed by atoms with Crippen LogP contribution in [0.15, 0.2) is 40.0 Å². The van der Waals surface area contributed by atoms with Gasteiger partial charge in [0.2, 0.25) is 0 Å². The third-order valence-electron chi connectivity index (χ3n) is 5.81. The maximum absolute atomic E-state index is 13.1. The number of para-hydroxylation sites is 1. The topological polar surface area (TPSA) is 98.5 Å². The van der Waals surface area contributed by atoms with E-state index in [1.54, 1.807) is 29.9 Å². The fourth-order valence-corrected chi connectivity index (χ4v) is 4.92. The molecule has 7 nitrogen and oxygen atoms in total. The van der Waals surface area contributed by atoms with Gasteiger partial charge >= 0.3 is 5.97 Å². The van der Waals surface area contributed by atoms with Crippen LogP contribution in [-0.2, 0) is 39.1 Å². The maximum Gasteiger partial charge on any atom is 0.343 e. The molecular formula is C21H18N2O5S. The highest BCUT2D eigenvalue weighted by atomic mass is 32.2. The molecule has 2 aliphatic rings. The molecule has 0 saturated heterocycles. The van der Waals surface area contributed by atoms with E-state index < -0.39 is 22.4 Å². The van der Waals surface area contributed by atoms with Crippen LogP contribution in [0.25, 0.3) is 22.3 Å². The molecule has 148 valence electrons. The summed E-state index contributed by atoms with van der Waals surface area (Å²) < 4.78 is 18.8. The number of cyclic esters (lactones) is 1. The molecule has 1 aromatic carbocycles. The van der Waals surface area contributed by atoms with Gasteiger partial charge in [0, 0.05) is 22.8 Å². The van der Waals surface area contributed by atoms with E-state index in [1.165, 1.54) is 0 Å². The molecule has 0 spiro atoms. The quantitative estimate of drug-likeness (QED) is 0.506. The summed E-state index contributed by atoms with van der Waals surface area (Å²) in [5, 5.41) is 11.8. The minimum atomic E-state index is -1.85. The Morgan fingerprint density at radius 2 is 2.10 bits per heavy atom. The molecule has 1 unspecified atom stereocenters. The summed E-state index contributed by atoms with van der Waals surface area (Å²) in [5.74, 6) is -0.745. The first-order valence-corrected chi connectivity index (χ1v) is 10.8. The molecule has 8 heteroatoms. The van der Waals surface area contributed by atoms with Gasteiger partial charge in [-0.05, 0) is 24.6 Å². The van der Waals surface area contributed by atoms with Gasteiger partial charge in [0.1, 0.15) is 6.61 Å². The van der Waals surface area contributed by atoms with Crippen molar-refractivity contribution in [2.45, 2.75) is 37.0 Å². The van der Waals surface area contributed by atoms with E-state index in [1.807, 2.05) is 18.2 Å². The number of hydrogen-bond donors (Lipinski definition) is 1. The van der Waals surface area contributed by atoms with Crippen LogP contribution in [0, 0.1) is 0 Å². The highest BCUT2D eigenvalue weighted by Crippen LogP contribution is 2.39. The molecule has 0 saturated carbocycles. The van der Waals surface area contributed by atoms with Crippen molar-refractivity contribution in [2.24, 2.45) is 0 Å². The van der Waals surface area contributed by atoms with Crippen LogP contribution in [0.2, 0.25) is 0 Å². The highest BCUT2D eigenvalue weighted by molar-refractivity contribution is 7.84. The number of rotatable bonds is 2. The van der Waals surface area contributed by atoms with Crippen LogP contribution < -0.4 is 5.56 Å². The van der Waals surface area contributed by atoms with Crippen LogP contribution in [0.1, 0.15) is 30.0 Å². The average Bonchev–Trinajstić information content (AvgIpc) is 3.07. The molecule has 0 fully saturated rings. The molecule has 4 heterocycles. The standard InChI is InChI=1S/C21H18N2O5S/c1-3-21(26)14-8-15-17-12(9-23(15)19(24)13(14)10-28-20(21)25)7-11-5-4-6-16(29(2)27)18(11)22-17/h4-8,26H,3,9-10H2,1-2H3/t21-,29?/m0/s1. The molecule has 5 rings (SSSR count). The zero-order valence-electron chi connectivity index (χ0n) is 15.9. The normalized spacial score (nSPS) is 20.7. The molecule has 0 aliphatic carbocycles. The summed E-state index contributed by atoms with van der Waals surface area (Å²) in [4.78, 5) is 30.7. The Labute approximate surface area is 168 Å². The number of aliphatic hydroxyl groups is 1.